The second kappa shape index (κ2) is 7.69. The van der Waals surface area contributed by atoms with Gasteiger partial charge in [0.1, 0.15) is 0 Å². The molecule has 0 atom stereocenters. The van der Waals surface area contributed by atoms with Crippen molar-refractivity contribution < 1.29 is 27.8 Å². The molecular formula is C14H15F3O3. The Balaban J connectivity index is 2.37. The first-order valence-corrected chi connectivity index (χ1v) is 6.01. The lowest BCUT2D eigenvalue weighted by atomic mass is 10.1. The van der Waals surface area contributed by atoms with Crippen LogP contribution in [-0.4, -0.2) is 23.9 Å². The van der Waals surface area contributed by atoms with Gasteiger partial charge < -0.3 is 9.84 Å². The molecule has 110 valence electrons. The van der Waals surface area contributed by atoms with Gasteiger partial charge in [0, 0.05) is 19.1 Å². The van der Waals surface area contributed by atoms with Crippen LogP contribution in [0.3, 0.4) is 0 Å². The zero-order valence-corrected chi connectivity index (χ0v) is 10.7. The number of alkyl halides is 3. The van der Waals surface area contributed by atoms with Gasteiger partial charge >= 0.3 is 12.1 Å². The van der Waals surface area contributed by atoms with Crippen molar-refractivity contribution in [2.75, 3.05) is 6.61 Å². The van der Waals surface area contributed by atoms with Crippen LogP contribution in [0.4, 0.5) is 13.2 Å². The molecule has 0 saturated heterocycles. The van der Waals surface area contributed by atoms with Crippen molar-refractivity contribution in [1.82, 2.24) is 0 Å². The van der Waals surface area contributed by atoms with E-state index in [0.717, 1.165) is 11.6 Å². The molecule has 0 radical (unpaired) electrons. The lowest BCUT2D eigenvalue weighted by Gasteiger charge is -2.07. The average Bonchev–Trinajstić information content (AvgIpc) is 2.35. The minimum Gasteiger partial charge on any atom is -0.478 e. The van der Waals surface area contributed by atoms with Crippen molar-refractivity contribution in [2.45, 2.75) is 25.6 Å². The molecule has 1 N–H and O–H groups in total. The van der Waals surface area contributed by atoms with Gasteiger partial charge in [0.25, 0.3) is 0 Å². The van der Waals surface area contributed by atoms with Gasteiger partial charge in [-0.3, -0.25) is 0 Å². The van der Waals surface area contributed by atoms with E-state index in [2.05, 4.69) is 0 Å². The van der Waals surface area contributed by atoms with E-state index in [1.54, 1.807) is 24.3 Å². The summed E-state index contributed by atoms with van der Waals surface area (Å²) in [5.74, 6) is -1.04. The van der Waals surface area contributed by atoms with E-state index in [1.165, 1.54) is 6.08 Å². The molecular weight excluding hydrogens is 273 g/mol. The van der Waals surface area contributed by atoms with Crippen LogP contribution in [0, 0.1) is 0 Å². The van der Waals surface area contributed by atoms with Crippen molar-refractivity contribution in [3.8, 4) is 0 Å². The van der Waals surface area contributed by atoms with E-state index >= 15 is 0 Å². The fraction of sp³-hybridized carbons (Fsp3) is 0.357. The van der Waals surface area contributed by atoms with Gasteiger partial charge in [-0.05, 0) is 29.7 Å². The smallest absolute Gasteiger partial charge is 0.389 e. The van der Waals surface area contributed by atoms with Gasteiger partial charge in [-0.1, -0.05) is 18.2 Å². The van der Waals surface area contributed by atoms with Crippen LogP contribution in [0.5, 0.6) is 0 Å². The Kier molecular flexibility index (Phi) is 6.24. The predicted molar refractivity (Wildman–Crippen MR) is 68.1 cm³/mol. The second-order valence-electron chi connectivity index (χ2n) is 4.19. The molecule has 1 rings (SSSR count). The van der Waals surface area contributed by atoms with Crippen LogP contribution in [-0.2, 0) is 16.1 Å². The Labute approximate surface area is 114 Å². The molecule has 0 spiro atoms. The Hall–Kier alpha value is -1.82. The molecule has 0 fully saturated rings. The first-order valence-electron chi connectivity index (χ1n) is 6.01. The van der Waals surface area contributed by atoms with E-state index < -0.39 is 18.6 Å². The molecule has 0 amide bonds. The SMILES string of the molecule is O=C(O)/C=C/c1cccc(COCCCC(F)(F)F)c1. The molecule has 0 heterocycles. The number of halogens is 3. The minimum atomic E-state index is -4.15. The highest BCUT2D eigenvalue weighted by molar-refractivity contribution is 5.85. The molecule has 0 aliphatic rings. The summed E-state index contributed by atoms with van der Waals surface area (Å²) < 4.78 is 40.8. The van der Waals surface area contributed by atoms with Gasteiger partial charge in [0.2, 0.25) is 0 Å². The fourth-order valence-corrected chi connectivity index (χ4v) is 1.52. The summed E-state index contributed by atoms with van der Waals surface area (Å²) in [4.78, 5) is 10.4. The molecule has 0 unspecified atom stereocenters. The number of hydrogen-bond donors (Lipinski definition) is 1. The Morgan fingerprint density at radius 2 is 2.10 bits per heavy atom. The normalized spacial score (nSPS) is 11.9. The molecule has 0 aromatic heterocycles. The Morgan fingerprint density at radius 3 is 2.75 bits per heavy atom. The molecule has 20 heavy (non-hydrogen) atoms. The third kappa shape index (κ3) is 7.58. The van der Waals surface area contributed by atoms with E-state index in [9.17, 15) is 18.0 Å². The van der Waals surface area contributed by atoms with Crippen LogP contribution in [0.15, 0.2) is 30.3 Å². The van der Waals surface area contributed by atoms with Crippen LogP contribution in [0.2, 0.25) is 0 Å². The van der Waals surface area contributed by atoms with Crippen molar-refractivity contribution in [3.63, 3.8) is 0 Å². The maximum Gasteiger partial charge on any atom is 0.389 e. The van der Waals surface area contributed by atoms with Crippen molar-refractivity contribution in [1.29, 1.82) is 0 Å². The van der Waals surface area contributed by atoms with Crippen LogP contribution < -0.4 is 0 Å². The average molecular weight is 288 g/mol. The summed E-state index contributed by atoms with van der Waals surface area (Å²) in [5, 5.41) is 8.51. The molecule has 0 saturated carbocycles. The highest BCUT2D eigenvalue weighted by atomic mass is 19.4. The number of rotatable bonds is 7. The largest absolute Gasteiger partial charge is 0.478 e. The van der Waals surface area contributed by atoms with E-state index in [1.807, 2.05) is 0 Å². The highest BCUT2D eigenvalue weighted by Crippen LogP contribution is 2.21. The quantitative estimate of drug-likeness (QED) is 0.615. The summed E-state index contributed by atoms with van der Waals surface area (Å²) in [7, 11) is 0. The number of aliphatic carboxylic acids is 1. The number of carbonyl (C=O) groups is 1. The van der Waals surface area contributed by atoms with E-state index in [4.69, 9.17) is 9.84 Å². The van der Waals surface area contributed by atoms with Gasteiger partial charge in [-0.2, -0.15) is 13.2 Å². The van der Waals surface area contributed by atoms with E-state index in [-0.39, 0.29) is 19.6 Å². The number of benzene rings is 1. The standard InChI is InChI=1S/C14H15F3O3/c15-14(16,17)7-2-8-20-10-12-4-1-3-11(9-12)5-6-13(18)19/h1,3-6,9H,2,7-8,10H2,(H,18,19)/b6-5+. The van der Waals surface area contributed by atoms with Crippen LogP contribution >= 0.6 is 0 Å². The lowest BCUT2D eigenvalue weighted by Crippen LogP contribution is -2.08. The maximum absolute atomic E-state index is 11.9. The maximum atomic E-state index is 11.9. The first-order chi connectivity index (χ1) is 9.37. The molecule has 6 heteroatoms. The topological polar surface area (TPSA) is 46.5 Å². The minimum absolute atomic E-state index is 0.0364. The lowest BCUT2D eigenvalue weighted by molar-refractivity contribution is -0.138. The van der Waals surface area contributed by atoms with Crippen molar-refractivity contribution >= 4 is 12.0 Å². The van der Waals surface area contributed by atoms with Crippen LogP contribution in [0.25, 0.3) is 6.08 Å². The molecule has 0 aliphatic carbocycles. The Morgan fingerprint density at radius 1 is 1.35 bits per heavy atom. The second-order valence-corrected chi connectivity index (χ2v) is 4.19. The highest BCUT2D eigenvalue weighted by Gasteiger charge is 2.25. The van der Waals surface area contributed by atoms with E-state index in [0.29, 0.717) is 5.56 Å². The van der Waals surface area contributed by atoms with Crippen molar-refractivity contribution in [3.05, 3.63) is 41.5 Å². The zero-order chi connectivity index (χ0) is 15.0. The molecule has 3 nitrogen and oxygen atoms in total. The van der Waals surface area contributed by atoms with Crippen LogP contribution in [0.1, 0.15) is 24.0 Å². The summed E-state index contributed by atoms with van der Waals surface area (Å²) in [6, 6.07) is 6.95. The molecule has 1 aromatic rings. The number of ether oxygens (including phenoxy) is 1. The molecule has 0 aliphatic heterocycles. The molecule has 0 bridgehead atoms. The summed E-state index contributed by atoms with van der Waals surface area (Å²) >= 11 is 0. The number of carboxylic acids is 1. The first kappa shape index (κ1) is 16.2. The predicted octanol–water partition coefficient (Wildman–Crippen LogP) is 3.64. The summed E-state index contributed by atoms with van der Waals surface area (Å²) in [6.45, 7) is 0.237. The summed E-state index contributed by atoms with van der Waals surface area (Å²) in [6.07, 6.45) is -2.61. The number of hydrogen-bond acceptors (Lipinski definition) is 2. The van der Waals surface area contributed by atoms with Gasteiger partial charge in [-0.15, -0.1) is 0 Å². The number of carboxylic acid groups (broad SMARTS) is 1. The third-order valence-corrected chi connectivity index (χ3v) is 2.39. The van der Waals surface area contributed by atoms with Gasteiger partial charge in [-0.25, -0.2) is 4.79 Å². The third-order valence-electron chi connectivity index (χ3n) is 2.39. The van der Waals surface area contributed by atoms with Gasteiger partial charge in [0.15, 0.2) is 0 Å². The summed E-state index contributed by atoms with van der Waals surface area (Å²) in [5.41, 5.74) is 1.48. The van der Waals surface area contributed by atoms with Crippen molar-refractivity contribution in [2.24, 2.45) is 0 Å². The van der Waals surface area contributed by atoms with Gasteiger partial charge in [0.05, 0.1) is 6.61 Å². The Bertz CT molecular complexity index is 467. The fourth-order valence-electron chi connectivity index (χ4n) is 1.52. The zero-order valence-electron chi connectivity index (χ0n) is 10.7. The molecule has 1 aromatic carbocycles. The monoisotopic (exact) mass is 288 g/mol.